The van der Waals surface area contributed by atoms with Gasteiger partial charge < -0.3 is 28.4 Å². The standard InChI is InChI=1S/C35H62O7/c1-2-3-4-5-6-7-8-9-10-11-12-13-14-15-16-20-23-37-24-25-38-26-27-39-28-29-40-30-31-41-32-33-42-35(36)34-21-18-17-19-22-34/h17-19,21-22H,2-16,20,23-33H2,1H3. The molecule has 0 spiro atoms. The maximum absolute atomic E-state index is 11.8. The second-order valence-corrected chi connectivity index (χ2v) is 10.9. The quantitative estimate of drug-likeness (QED) is 0.0600. The lowest BCUT2D eigenvalue weighted by Crippen LogP contribution is -2.15. The van der Waals surface area contributed by atoms with E-state index in [1.807, 2.05) is 6.07 Å². The topological polar surface area (TPSA) is 72.5 Å². The van der Waals surface area contributed by atoms with Crippen molar-refractivity contribution in [2.45, 2.75) is 110 Å². The summed E-state index contributed by atoms with van der Waals surface area (Å²) in [5, 5.41) is 0. The highest BCUT2D eigenvalue weighted by Gasteiger charge is 2.05. The van der Waals surface area contributed by atoms with Gasteiger partial charge in [-0.2, -0.15) is 0 Å². The van der Waals surface area contributed by atoms with Crippen LogP contribution in [0.2, 0.25) is 0 Å². The lowest BCUT2D eigenvalue weighted by Gasteiger charge is -2.08. The number of rotatable bonds is 33. The minimum atomic E-state index is -0.338. The van der Waals surface area contributed by atoms with Gasteiger partial charge in [0, 0.05) is 6.61 Å². The summed E-state index contributed by atoms with van der Waals surface area (Å²) in [6.07, 6.45) is 22.2. The molecule has 244 valence electrons. The molecule has 0 N–H and O–H groups in total. The van der Waals surface area contributed by atoms with Gasteiger partial charge in [-0.1, -0.05) is 121 Å². The SMILES string of the molecule is CCCCCCCCCCCCCCCCCCOCCOCCOCCOCCOCCOC(=O)c1ccccc1. The van der Waals surface area contributed by atoms with E-state index in [-0.39, 0.29) is 12.6 Å². The van der Waals surface area contributed by atoms with Gasteiger partial charge in [-0.25, -0.2) is 4.79 Å². The maximum Gasteiger partial charge on any atom is 0.338 e. The van der Waals surface area contributed by atoms with Crippen LogP contribution in [0.15, 0.2) is 30.3 Å². The van der Waals surface area contributed by atoms with Crippen molar-refractivity contribution < 1.29 is 33.2 Å². The van der Waals surface area contributed by atoms with E-state index in [0.717, 1.165) is 13.0 Å². The summed E-state index contributed by atoms with van der Waals surface area (Å²) in [4.78, 5) is 11.8. The number of hydrogen-bond acceptors (Lipinski definition) is 7. The summed E-state index contributed by atoms with van der Waals surface area (Å²) >= 11 is 0. The minimum absolute atomic E-state index is 0.224. The van der Waals surface area contributed by atoms with Gasteiger partial charge in [0.05, 0.1) is 65.0 Å². The predicted molar refractivity (Wildman–Crippen MR) is 170 cm³/mol. The van der Waals surface area contributed by atoms with Crippen molar-refractivity contribution in [1.82, 2.24) is 0 Å². The Morgan fingerprint density at radius 2 is 0.762 bits per heavy atom. The zero-order valence-corrected chi connectivity index (χ0v) is 26.8. The molecular formula is C35H62O7. The first kappa shape index (κ1) is 38.5. The van der Waals surface area contributed by atoms with E-state index < -0.39 is 0 Å². The van der Waals surface area contributed by atoms with Crippen molar-refractivity contribution in [3.8, 4) is 0 Å². The van der Waals surface area contributed by atoms with Crippen molar-refractivity contribution in [3.05, 3.63) is 35.9 Å². The number of unbranched alkanes of at least 4 members (excludes halogenated alkanes) is 15. The molecule has 0 aromatic heterocycles. The van der Waals surface area contributed by atoms with E-state index in [4.69, 9.17) is 28.4 Å². The highest BCUT2D eigenvalue weighted by molar-refractivity contribution is 5.89. The second-order valence-electron chi connectivity index (χ2n) is 10.9. The molecule has 0 saturated heterocycles. The molecule has 1 rings (SSSR count). The average molecular weight is 595 g/mol. The molecule has 0 fully saturated rings. The molecule has 0 heterocycles. The van der Waals surface area contributed by atoms with Gasteiger partial charge in [0.25, 0.3) is 0 Å². The Balaban J connectivity index is 1.64. The molecule has 42 heavy (non-hydrogen) atoms. The molecule has 0 aliphatic carbocycles. The van der Waals surface area contributed by atoms with E-state index in [1.54, 1.807) is 24.3 Å². The molecule has 1 aromatic rings. The largest absolute Gasteiger partial charge is 0.460 e. The first-order chi connectivity index (χ1) is 20.8. The number of benzene rings is 1. The van der Waals surface area contributed by atoms with Gasteiger partial charge in [0.1, 0.15) is 6.61 Å². The zero-order valence-electron chi connectivity index (χ0n) is 26.8. The third kappa shape index (κ3) is 27.3. The van der Waals surface area contributed by atoms with Crippen LogP contribution < -0.4 is 0 Å². The summed E-state index contributed by atoms with van der Waals surface area (Å²) in [5.74, 6) is -0.338. The normalized spacial score (nSPS) is 11.3. The van der Waals surface area contributed by atoms with Crippen LogP contribution in [-0.4, -0.2) is 78.6 Å². The summed E-state index contributed by atoms with van der Waals surface area (Å²) in [7, 11) is 0. The second kappa shape index (κ2) is 32.4. The van der Waals surface area contributed by atoms with Gasteiger partial charge in [0.2, 0.25) is 0 Å². The molecule has 0 atom stereocenters. The van der Waals surface area contributed by atoms with Crippen molar-refractivity contribution in [2.24, 2.45) is 0 Å². The fourth-order valence-electron chi connectivity index (χ4n) is 4.58. The fraction of sp³-hybridized carbons (Fsp3) is 0.800. The van der Waals surface area contributed by atoms with Crippen LogP contribution in [0.25, 0.3) is 0 Å². The Kier molecular flexibility index (Phi) is 29.7. The molecule has 7 heteroatoms. The number of hydrogen-bond donors (Lipinski definition) is 0. The molecule has 0 radical (unpaired) electrons. The molecule has 7 nitrogen and oxygen atoms in total. The molecule has 0 amide bonds. The zero-order chi connectivity index (χ0) is 30.0. The van der Waals surface area contributed by atoms with Crippen LogP contribution in [0.3, 0.4) is 0 Å². The van der Waals surface area contributed by atoms with E-state index in [1.165, 1.54) is 96.3 Å². The maximum atomic E-state index is 11.8. The summed E-state index contributed by atoms with van der Waals surface area (Å²) < 4.78 is 32.7. The van der Waals surface area contributed by atoms with Crippen LogP contribution in [0, 0.1) is 0 Å². The van der Waals surface area contributed by atoms with Crippen molar-refractivity contribution in [1.29, 1.82) is 0 Å². The Hall–Kier alpha value is -1.51. The van der Waals surface area contributed by atoms with E-state index >= 15 is 0 Å². The molecule has 1 aromatic carbocycles. The van der Waals surface area contributed by atoms with Crippen LogP contribution in [-0.2, 0) is 28.4 Å². The lowest BCUT2D eigenvalue weighted by molar-refractivity contribution is -0.0153. The highest BCUT2D eigenvalue weighted by Crippen LogP contribution is 2.13. The smallest absolute Gasteiger partial charge is 0.338 e. The fourth-order valence-corrected chi connectivity index (χ4v) is 4.58. The lowest BCUT2D eigenvalue weighted by atomic mass is 10.0. The number of carbonyl (C=O) groups is 1. The highest BCUT2D eigenvalue weighted by atomic mass is 16.6. The van der Waals surface area contributed by atoms with Gasteiger partial charge in [-0.05, 0) is 18.6 Å². The third-order valence-electron chi connectivity index (χ3n) is 7.10. The average Bonchev–Trinajstić information content (AvgIpc) is 3.02. The van der Waals surface area contributed by atoms with Gasteiger partial charge in [-0.15, -0.1) is 0 Å². The van der Waals surface area contributed by atoms with Crippen molar-refractivity contribution in [3.63, 3.8) is 0 Å². The Labute approximate surface area is 257 Å². The molecule has 0 bridgehead atoms. The number of carbonyl (C=O) groups excluding carboxylic acids is 1. The molecule has 0 unspecified atom stereocenters. The molecule has 0 saturated carbocycles. The van der Waals surface area contributed by atoms with Crippen molar-refractivity contribution in [2.75, 3.05) is 72.7 Å². The predicted octanol–water partition coefficient (Wildman–Crippen LogP) is 8.19. The van der Waals surface area contributed by atoms with Gasteiger partial charge >= 0.3 is 5.97 Å². The number of ether oxygens (including phenoxy) is 6. The van der Waals surface area contributed by atoms with Gasteiger partial charge in [-0.3, -0.25) is 0 Å². The molecular weight excluding hydrogens is 532 g/mol. The monoisotopic (exact) mass is 594 g/mol. The summed E-state index contributed by atoms with van der Waals surface area (Å²) in [6.45, 7) is 8.01. The van der Waals surface area contributed by atoms with Crippen LogP contribution in [0.4, 0.5) is 0 Å². The molecule has 0 aliphatic heterocycles. The first-order valence-corrected chi connectivity index (χ1v) is 17.0. The summed E-state index contributed by atoms with van der Waals surface area (Å²) in [6, 6.07) is 8.92. The first-order valence-electron chi connectivity index (χ1n) is 17.0. The van der Waals surface area contributed by atoms with Crippen LogP contribution in [0.1, 0.15) is 120 Å². The Morgan fingerprint density at radius 3 is 1.17 bits per heavy atom. The van der Waals surface area contributed by atoms with E-state index in [0.29, 0.717) is 65.0 Å². The Morgan fingerprint density at radius 1 is 0.429 bits per heavy atom. The van der Waals surface area contributed by atoms with Gasteiger partial charge in [0.15, 0.2) is 0 Å². The minimum Gasteiger partial charge on any atom is -0.460 e. The van der Waals surface area contributed by atoms with Crippen LogP contribution >= 0.6 is 0 Å². The third-order valence-corrected chi connectivity index (χ3v) is 7.10. The van der Waals surface area contributed by atoms with E-state index in [9.17, 15) is 4.79 Å². The number of esters is 1. The molecule has 0 aliphatic rings. The van der Waals surface area contributed by atoms with Crippen LogP contribution in [0.5, 0.6) is 0 Å². The van der Waals surface area contributed by atoms with Crippen molar-refractivity contribution >= 4 is 5.97 Å². The summed E-state index contributed by atoms with van der Waals surface area (Å²) in [5.41, 5.74) is 0.542. The Bertz CT molecular complexity index is 671. The van der Waals surface area contributed by atoms with E-state index in [2.05, 4.69) is 6.92 Å².